The van der Waals surface area contributed by atoms with Gasteiger partial charge in [-0.15, -0.1) is 0 Å². The SMILES string of the molecule is C[C@H](NC(=O)c1coc(CN2CCc3ccccc3C2)n1)c1n[nH]c(=O)[nH]1. The second-order valence-electron chi connectivity index (χ2n) is 6.61. The maximum absolute atomic E-state index is 12.3. The van der Waals surface area contributed by atoms with E-state index in [0.29, 0.717) is 18.3 Å². The summed E-state index contributed by atoms with van der Waals surface area (Å²) in [5.74, 6) is 0.467. The molecule has 0 fully saturated rings. The van der Waals surface area contributed by atoms with Gasteiger partial charge in [0.2, 0.25) is 5.89 Å². The molecule has 3 aromatic rings. The Labute approximate surface area is 154 Å². The van der Waals surface area contributed by atoms with E-state index in [-0.39, 0.29) is 11.6 Å². The first-order valence-corrected chi connectivity index (χ1v) is 8.77. The molecule has 9 nitrogen and oxygen atoms in total. The molecule has 0 saturated carbocycles. The van der Waals surface area contributed by atoms with Crippen molar-refractivity contribution in [2.75, 3.05) is 6.54 Å². The third-order valence-corrected chi connectivity index (χ3v) is 4.63. The van der Waals surface area contributed by atoms with Crippen molar-refractivity contribution in [1.82, 2.24) is 30.4 Å². The Balaban J connectivity index is 1.37. The van der Waals surface area contributed by atoms with E-state index in [2.05, 4.69) is 48.6 Å². The molecule has 3 heterocycles. The molecule has 140 valence electrons. The minimum Gasteiger partial charge on any atom is -0.447 e. The van der Waals surface area contributed by atoms with E-state index in [1.54, 1.807) is 6.92 Å². The Hall–Kier alpha value is -3.20. The summed E-state index contributed by atoms with van der Waals surface area (Å²) in [4.78, 5) is 32.5. The van der Waals surface area contributed by atoms with E-state index in [4.69, 9.17) is 4.42 Å². The van der Waals surface area contributed by atoms with Crippen LogP contribution < -0.4 is 11.0 Å². The second kappa shape index (κ2) is 7.20. The molecular weight excluding hydrogens is 348 g/mol. The minimum atomic E-state index is -0.463. The number of oxazole rings is 1. The zero-order valence-corrected chi connectivity index (χ0v) is 14.9. The Morgan fingerprint density at radius 3 is 2.96 bits per heavy atom. The van der Waals surface area contributed by atoms with Crippen LogP contribution in [0.1, 0.15) is 46.3 Å². The summed E-state index contributed by atoms with van der Waals surface area (Å²) in [6, 6.07) is 7.94. The molecule has 1 amide bonds. The lowest BCUT2D eigenvalue weighted by molar-refractivity contribution is 0.0933. The number of benzene rings is 1. The van der Waals surface area contributed by atoms with Crippen LogP contribution in [-0.2, 0) is 19.5 Å². The number of nitrogens with one attached hydrogen (secondary N) is 3. The number of hydrogen-bond donors (Lipinski definition) is 3. The molecule has 1 aromatic carbocycles. The number of aromatic amines is 2. The van der Waals surface area contributed by atoms with E-state index in [9.17, 15) is 9.59 Å². The van der Waals surface area contributed by atoms with Gasteiger partial charge in [0.1, 0.15) is 6.26 Å². The van der Waals surface area contributed by atoms with Gasteiger partial charge in [-0.3, -0.25) is 14.7 Å². The van der Waals surface area contributed by atoms with Crippen molar-refractivity contribution in [2.24, 2.45) is 0 Å². The molecule has 3 N–H and O–H groups in total. The summed E-state index contributed by atoms with van der Waals surface area (Å²) in [6.07, 6.45) is 2.34. The molecule has 0 aliphatic carbocycles. The highest BCUT2D eigenvalue weighted by Gasteiger charge is 2.20. The van der Waals surface area contributed by atoms with Gasteiger partial charge in [-0.25, -0.2) is 14.9 Å². The van der Waals surface area contributed by atoms with Crippen molar-refractivity contribution in [3.8, 4) is 0 Å². The quantitative estimate of drug-likeness (QED) is 0.621. The van der Waals surface area contributed by atoms with Crippen LogP contribution in [0.5, 0.6) is 0 Å². The van der Waals surface area contributed by atoms with Crippen LogP contribution in [0, 0.1) is 0 Å². The Kier molecular flexibility index (Phi) is 4.59. The van der Waals surface area contributed by atoms with Crippen LogP contribution >= 0.6 is 0 Å². The van der Waals surface area contributed by atoms with Gasteiger partial charge in [0, 0.05) is 13.1 Å². The molecule has 27 heavy (non-hydrogen) atoms. The van der Waals surface area contributed by atoms with Gasteiger partial charge >= 0.3 is 5.69 Å². The summed E-state index contributed by atoms with van der Waals surface area (Å²) < 4.78 is 5.47. The Morgan fingerprint density at radius 2 is 2.19 bits per heavy atom. The van der Waals surface area contributed by atoms with E-state index in [0.717, 1.165) is 19.5 Å². The van der Waals surface area contributed by atoms with E-state index < -0.39 is 11.7 Å². The van der Waals surface area contributed by atoms with Gasteiger partial charge in [0.05, 0.1) is 12.6 Å². The number of amides is 1. The van der Waals surface area contributed by atoms with Crippen molar-refractivity contribution in [1.29, 1.82) is 0 Å². The lowest BCUT2D eigenvalue weighted by Crippen LogP contribution is -2.30. The number of fused-ring (bicyclic) bond motifs is 1. The molecule has 1 aliphatic rings. The van der Waals surface area contributed by atoms with Crippen LogP contribution in [0.15, 0.2) is 39.7 Å². The summed E-state index contributed by atoms with van der Waals surface area (Å²) >= 11 is 0. The fraction of sp³-hybridized carbons (Fsp3) is 0.333. The molecule has 0 spiro atoms. The fourth-order valence-corrected chi connectivity index (χ4v) is 3.20. The van der Waals surface area contributed by atoms with Gasteiger partial charge < -0.3 is 9.73 Å². The molecule has 0 bridgehead atoms. The molecule has 1 aliphatic heterocycles. The number of carbonyl (C=O) groups excluding carboxylic acids is 1. The molecule has 4 rings (SSSR count). The fourth-order valence-electron chi connectivity index (χ4n) is 3.20. The summed E-state index contributed by atoms with van der Waals surface area (Å²) in [6.45, 7) is 4.02. The van der Waals surface area contributed by atoms with Crippen LogP contribution in [0.4, 0.5) is 0 Å². The number of carbonyl (C=O) groups is 1. The van der Waals surface area contributed by atoms with Crippen molar-refractivity contribution in [3.63, 3.8) is 0 Å². The molecule has 0 saturated heterocycles. The van der Waals surface area contributed by atoms with E-state index >= 15 is 0 Å². The van der Waals surface area contributed by atoms with Gasteiger partial charge in [0.15, 0.2) is 11.5 Å². The number of nitrogens with zero attached hydrogens (tertiary/aromatic N) is 3. The van der Waals surface area contributed by atoms with Crippen molar-refractivity contribution < 1.29 is 9.21 Å². The largest absolute Gasteiger partial charge is 0.447 e. The summed E-state index contributed by atoms with van der Waals surface area (Å²) in [5, 5.41) is 8.80. The lowest BCUT2D eigenvalue weighted by Gasteiger charge is -2.27. The first-order valence-electron chi connectivity index (χ1n) is 8.77. The second-order valence-corrected chi connectivity index (χ2v) is 6.61. The Morgan fingerprint density at radius 1 is 1.37 bits per heavy atom. The smallest absolute Gasteiger partial charge is 0.340 e. The average Bonchev–Trinajstić information content (AvgIpc) is 3.31. The maximum atomic E-state index is 12.3. The van der Waals surface area contributed by atoms with Crippen LogP contribution in [0.2, 0.25) is 0 Å². The number of hydrogen-bond acceptors (Lipinski definition) is 6. The van der Waals surface area contributed by atoms with Gasteiger partial charge in [-0.2, -0.15) is 5.10 Å². The molecular formula is C18H20N6O3. The first-order chi connectivity index (χ1) is 13.1. The first kappa shape index (κ1) is 17.2. The number of H-pyrrole nitrogens is 2. The normalized spacial score (nSPS) is 15.3. The van der Waals surface area contributed by atoms with Crippen molar-refractivity contribution >= 4 is 5.91 Å². The summed E-state index contributed by atoms with van der Waals surface area (Å²) in [5.41, 5.74) is 2.48. The maximum Gasteiger partial charge on any atom is 0.340 e. The average molecular weight is 368 g/mol. The highest BCUT2D eigenvalue weighted by molar-refractivity contribution is 5.92. The molecule has 0 unspecified atom stereocenters. The van der Waals surface area contributed by atoms with Crippen LogP contribution in [0.3, 0.4) is 0 Å². The molecule has 9 heteroatoms. The van der Waals surface area contributed by atoms with E-state index in [1.807, 2.05) is 6.07 Å². The zero-order valence-electron chi connectivity index (χ0n) is 14.9. The topological polar surface area (TPSA) is 120 Å². The standard InChI is InChI=1S/C18H20N6O3/c1-11(16-21-18(26)23-22-16)19-17(25)14-10-27-15(20-14)9-24-7-6-12-4-2-3-5-13(12)8-24/h2-5,10-11H,6-9H2,1H3,(H,19,25)(H2,21,22,23,26)/t11-/m0/s1. The summed E-state index contributed by atoms with van der Waals surface area (Å²) in [7, 11) is 0. The monoisotopic (exact) mass is 368 g/mol. The van der Waals surface area contributed by atoms with Crippen molar-refractivity contribution in [2.45, 2.75) is 32.5 Å². The number of aromatic nitrogens is 4. The molecule has 2 aromatic heterocycles. The van der Waals surface area contributed by atoms with Crippen LogP contribution in [0.25, 0.3) is 0 Å². The highest BCUT2D eigenvalue weighted by atomic mass is 16.3. The molecule has 0 radical (unpaired) electrons. The van der Waals surface area contributed by atoms with Crippen LogP contribution in [-0.4, -0.2) is 37.5 Å². The predicted octanol–water partition coefficient (Wildman–Crippen LogP) is 1.14. The number of rotatable bonds is 5. The van der Waals surface area contributed by atoms with E-state index in [1.165, 1.54) is 17.4 Å². The predicted molar refractivity (Wildman–Crippen MR) is 95.9 cm³/mol. The minimum absolute atomic E-state index is 0.201. The third-order valence-electron chi connectivity index (χ3n) is 4.63. The lowest BCUT2D eigenvalue weighted by atomic mass is 10.00. The Bertz CT molecular complexity index is 1000. The molecule has 1 atom stereocenters. The highest BCUT2D eigenvalue weighted by Crippen LogP contribution is 2.20. The van der Waals surface area contributed by atoms with Crippen molar-refractivity contribution in [3.05, 3.63) is 69.5 Å². The zero-order chi connectivity index (χ0) is 18.8. The van der Waals surface area contributed by atoms with Gasteiger partial charge in [-0.1, -0.05) is 24.3 Å². The van der Waals surface area contributed by atoms with Gasteiger partial charge in [0.25, 0.3) is 5.91 Å². The third kappa shape index (κ3) is 3.82. The van der Waals surface area contributed by atoms with Gasteiger partial charge in [-0.05, 0) is 24.5 Å².